The van der Waals surface area contributed by atoms with Gasteiger partial charge in [-0.1, -0.05) is 19.1 Å². The fourth-order valence-corrected chi connectivity index (χ4v) is 4.64. The summed E-state index contributed by atoms with van der Waals surface area (Å²) >= 11 is 0. The van der Waals surface area contributed by atoms with Gasteiger partial charge in [0.05, 0.1) is 24.9 Å². The Kier molecular flexibility index (Phi) is 6.33. The smallest absolute Gasteiger partial charge is 0.231 e. The van der Waals surface area contributed by atoms with Crippen molar-refractivity contribution in [2.24, 2.45) is 13.0 Å². The van der Waals surface area contributed by atoms with Crippen molar-refractivity contribution in [3.8, 4) is 22.8 Å². The van der Waals surface area contributed by atoms with Crippen molar-refractivity contribution in [2.75, 3.05) is 26.8 Å². The van der Waals surface area contributed by atoms with E-state index < -0.39 is 0 Å². The minimum atomic E-state index is -0.0866. The Labute approximate surface area is 184 Å². The number of benzene rings is 2. The van der Waals surface area contributed by atoms with E-state index in [2.05, 4.69) is 18.7 Å². The summed E-state index contributed by atoms with van der Waals surface area (Å²) < 4.78 is 13.6. The second-order valence-electron chi connectivity index (χ2n) is 8.71. The highest BCUT2D eigenvalue weighted by atomic mass is 16.5. The topological polar surface area (TPSA) is 43.7 Å². The molecule has 164 valence electrons. The highest BCUT2D eigenvalue weighted by molar-refractivity contribution is 5.85. The van der Waals surface area contributed by atoms with Gasteiger partial charge in [0, 0.05) is 36.5 Å². The largest absolute Gasteiger partial charge is 0.493 e. The first-order valence-electron chi connectivity index (χ1n) is 11.1. The number of methoxy groups -OCH3 is 1. The predicted octanol–water partition coefficient (Wildman–Crippen LogP) is 4.71. The lowest BCUT2D eigenvalue weighted by atomic mass is 10.1. The molecule has 1 aliphatic heterocycles. The van der Waals surface area contributed by atoms with Gasteiger partial charge in [0.15, 0.2) is 5.75 Å². The molecule has 1 unspecified atom stereocenters. The molecule has 2 atom stereocenters. The number of aromatic nitrogens is 1. The molecule has 2 heterocycles. The molecule has 0 aliphatic carbocycles. The maximum Gasteiger partial charge on any atom is 0.231 e. The third kappa shape index (κ3) is 4.33. The summed E-state index contributed by atoms with van der Waals surface area (Å²) in [6.45, 7) is 7.53. The van der Waals surface area contributed by atoms with Crippen LogP contribution in [0.2, 0.25) is 0 Å². The Morgan fingerprint density at radius 2 is 1.87 bits per heavy atom. The van der Waals surface area contributed by atoms with Gasteiger partial charge < -0.3 is 18.9 Å². The molecule has 4 rings (SSSR count). The van der Waals surface area contributed by atoms with Crippen LogP contribution in [0.1, 0.15) is 26.7 Å². The normalized spacial score (nSPS) is 17.7. The number of ether oxygens (including phenoxy) is 2. The van der Waals surface area contributed by atoms with Crippen molar-refractivity contribution >= 4 is 10.9 Å². The molecule has 31 heavy (non-hydrogen) atoms. The first-order valence-corrected chi connectivity index (χ1v) is 11.1. The molecule has 3 aromatic rings. The number of para-hydroxylation sites is 1. The van der Waals surface area contributed by atoms with Crippen LogP contribution < -0.4 is 14.9 Å². The summed E-state index contributed by atoms with van der Waals surface area (Å²) in [5.74, 6) is 1.68. The average Bonchev–Trinajstić information content (AvgIpc) is 3.19. The molecule has 0 saturated carbocycles. The lowest BCUT2D eigenvalue weighted by molar-refractivity contribution is 0.181. The number of nitrogens with zero attached hydrogens (tertiary/aromatic N) is 2. The lowest BCUT2D eigenvalue weighted by Gasteiger charge is -2.24. The first-order chi connectivity index (χ1) is 15.0. The molecule has 1 fully saturated rings. The minimum absolute atomic E-state index is 0.0866. The van der Waals surface area contributed by atoms with Crippen molar-refractivity contribution in [1.82, 2.24) is 9.47 Å². The minimum Gasteiger partial charge on any atom is -0.493 e. The van der Waals surface area contributed by atoms with E-state index in [4.69, 9.17) is 9.47 Å². The van der Waals surface area contributed by atoms with Crippen LogP contribution in [0.15, 0.2) is 53.3 Å². The van der Waals surface area contributed by atoms with Crippen LogP contribution in [-0.4, -0.2) is 42.3 Å². The van der Waals surface area contributed by atoms with Crippen LogP contribution >= 0.6 is 0 Å². The van der Waals surface area contributed by atoms with Crippen LogP contribution in [-0.2, 0) is 7.05 Å². The molecule has 0 bridgehead atoms. The van der Waals surface area contributed by atoms with E-state index in [1.807, 2.05) is 60.1 Å². The van der Waals surface area contributed by atoms with Gasteiger partial charge in [-0.15, -0.1) is 0 Å². The van der Waals surface area contributed by atoms with E-state index >= 15 is 0 Å². The number of pyridine rings is 1. The molecule has 1 aromatic heterocycles. The van der Waals surface area contributed by atoms with Gasteiger partial charge in [-0.25, -0.2) is 0 Å². The van der Waals surface area contributed by atoms with Crippen LogP contribution in [0.4, 0.5) is 0 Å². The van der Waals surface area contributed by atoms with Gasteiger partial charge in [-0.2, -0.15) is 0 Å². The maximum atomic E-state index is 12.9. The second-order valence-corrected chi connectivity index (χ2v) is 8.71. The van der Waals surface area contributed by atoms with E-state index in [-0.39, 0.29) is 5.43 Å². The Morgan fingerprint density at radius 3 is 2.55 bits per heavy atom. The monoisotopic (exact) mass is 420 g/mol. The summed E-state index contributed by atoms with van der Waals surface area (Å²) in [5, 5.41) is 0.659. The molecule has 0 radical (unpaired) electrons. The van der Waals surface area contributed by atoms with Crippen molar-refractivity contribution in [2.45, 2.75) is 32.7 Å². The zero-order valence-corrected chi connectivity index (χ0v) is 18.9. The number of hydrogen-bond acceptors (Lipinski definition) is 4. The van der Waals surface area contributed by atoms with Gasteiger partial charge in [0.2, 0.25) is 5.43 Å². The van der Waals surface area contributed by atoms with Crippen LogP contribution in [0.5, 0.6) is 11.5 Å². The van der Waals surface area contributed by atoms with E-state index in [1.165, 1.54) is 19.4 Å². The molecule has 0 amide bonds. The van der Waals surface area contributed by atoms with Crippen LogP contribution in [0, 0.1) is 5.92 Å². The molecule has 5 heteroatoms. The number of rotatable bonds is 7. The summed E-state index contributed by atoms with van der Waals surface area (Å²) in [5.41, 5.74) is 2.49. The van der Waals surface area contributed by atoms with Crippen molar-refractivity contribution < 1.29 is 9.47 Å². The fourth-order valence-electron chi connectivity index (χ4n) is 4.64. The lowest BCUT2D eigenvalue weighted by Crippen LogP contribution is -2.33. The van der Waals surface area contributed by atoms with Gasteiger partial charge in [0.1, 0.15) is 5.75 Å². The standard InChI is InChI=1S/C26H32N2O3/c1-18(16-28-15-7-8-19(28)2)17-31-21-13-11-20(12-14-21)24-26(30-4)25(29)22-9-5-6-10-23(22)27(24)3/h5-6,9-14,18-19H,7-8,15-17H2,1-4H3/t18?,19-/m1/s1. The Bertz CT molecular complexity index is 1100. The first kappa shape index (κ1) is 21.4. The summed E-state index contributed by atoms with van der Waals surface area (Å²) in [4.78, 5) is 15.5. The van der Waals surface area contributed by atoms with E-state index in [0.29, 0.717) is 29.7 Å². The molecule has 5 nitrogen and oxygen atoms in total. The number of hydrogen-bond donors (Lipinski definition) is 0. The Morgan fingerprint density at radius 1 is 1.13 bits per heavy atom. The highest BCUT2D eigenvalue weighted by Crippen LogP contribution is 2.31. The molecule has 2 aromatic carbocycles. The van der Waals surface area contributed by atoms with Gasteiger partial charge in [0.25, 0.3) is 0 Å². The van der Waals surface area contributed by atoms with E-state index in [9.17, 15) is 4.79 Å². The number of likely N-dealkylation sites (tertiary alicyclic amines) is 1. The van der Waals surface area contributed by atoms with Gasteiger partial charge in [-0.3, -0.25) is 4.79 Å². The molecular weight excluding hydrogens is 388 g/mol. The fraction of sp³-hybridized carbons (Fsp3) is 0.423. The summed E-state index contributed by atoms with van der Waals surface area (Å²) in [6, 6.07) is 16.2. The maximum absolute atomic E-state index is 12.9. The van der Waals surface area contributed by atoms with Gasteiger partial charge >= 0.3 is 0 Å². The Hall–Kier alpha value is -2.79. The Balaban J connectivity index is 1.52. The SMILES string of the molecule is COc1c(-c2ccc(OCC(C)CN3CCC[C@H]3C)cc2)n(C)c2ccccc2c1=O. The molecule has 1 aliphatic rings. The van der Waals surface area contributed by atoms with Crippen LogP contribution in [0.3, 0.4) is 0 Å². The number of aryl methyl sites for hydroxylation is 1. The molecule has 0 N–H and O–H groups in total. The molecule has 0 spiro atoms. The van der Waals surface area contributed by atoms with Crippen molar-refractivity contribution in [1.29, 1.82) is 0 Å². The summed E-state index contributed by atoms with van der Waals surface area (Å²) in [6.07, 6.45) is 2.60. The highest BCUT2D eigenvalue weighted by Gasteiger charge is 2.22. The van der Waals surface area contributed by atoms with Crippen molar-refractivity contribution in [3.63, 3.8) is 0 Å². The van der Waals surface area contributed by atoms with E-state index in [1.54, 1.807) is 7.11 Å². The van der Waals surface area contributed by atoms with Crippen molar-refractivity contribution in [3.05, 3.63) is 58.8 Å². The zero-order chi connectivity index (χ0) is 22.0. The molecule has 1 saturated heterocycles. The van der Waals surface area contributed by atoms with Crippen LogP contribution in [0.25, 0.3) is 22.2 Å². The third-order valence-electron chi connectivity index (χ3n) is 6.37. The quantitative estimate of drug-likeness (QED) is 0.555. The molecular formula is C26H32N2O3. The predicted molar refractivity (Wildman–Crippen MR) is 126 cm³/mol. The number of fused-ring (bicyclic) bond motifs is 1. The summed E-state index contributed by atoms with van der Waals surface area (Å²) in [7, 11) is 3.51. The van der Waals surface area contributed by atoms with Gasteiger partial charge in [-0.05, 0) is 62.7 Å². The van der Waals surface area contributed by atoms with E-state index in [0.717, 1.165) is 29.1 Å². The second kappa shape index (κ2) is 9.15. The zero-order valence-electron chi connectivity index (χ0n) is 18.9. The third-order valence-corrected chi connectivity index (χ3v) is 6.37. The average molecular weight is 421 g/mol.